The lowest BCUT2D eigenvalue weighted by Crippen LogP contribution is -2.15. The molecule has 0 atom stereocenters. The topological polar surface area (TPSA) is 98.2 Å². The lowest BCUT2D eigenvalue weighted by Gasteiger charge is -2.07. The fourth-order valence-electron chi connectivity index (χ4n) is 1.63. The smallest absolute Gasteiger partial charge is 0.316 e. The minimum Gasteiger partial charge on any atom is -0.468 e. The molecule has 0 aliphatic heterocycles. The second-order valence-corrected chi connectivity index (χ2v) is 8.45. The first-order valence-electron chi connectivity index (χ1n) is 6.48. The van der Waals surface area contributed by atoms with Gasteiger partial charge in [0.2, 0.25) is 15.2 Å². The maximum atomic E-state index is 12.2. The van der Waals surface area contributed by atoms with E-state index in [2.05, 4.69) is 19.7 Å². The number of benzene rings is 1. The summed E-state index contributed by atoms with van der Waals surface area (Å²) in [5.74, 6) is -0.419. The fraction of sp³-hybridized carbons (Fsp3) is 0.308. The summed E-state index contributed by atoms with van der Waals surface area (Å²) in [4.78, 5) is 11.1. The van der Waals surface area contributed by atoms with Crippen LogP contribution in [-0.4, -0.2) is 37.4 Å². The van der Waals surface area contributed by atoms with Crippen LogP contribution in [0.4, 0.5) is 5.13 Å². The molecule has 2 rings (SSSR count). The van der Waals surface area contributed by atoms with Crippen LogP contribution in [0.5, 0.6) is 0 Å². The molecule has 23 heavy (non-hydrogen) atoms. The van der Waals surface area contributed by atoms with Gasteiger partial charge < -0.3 is 4.74 Å². The SMILES string of the molecule is COC(=O)CSc1nnc(NS(=O)(=O)Cc2ccccc2C)s1. The molecule has 0 aliphatic rings. The van der Waals surface area contributed by atoms with Gasteiger partial charge in [-0.1, -0.05) is 47.4 Å². The van der Waals surface area contributed by atoms with E-state index in [9.17, 15) is 13.2 Å². The van der Waals surface area contributed by atoms with Gasteiger partial charge >= 0.3 is 5.97 Å². The number of rotatable bonds is 7. The summed E-state index contributed by atoms with van der Waals surface area (Å²) >= 11 is 2.21. The molecule has 0 spiro atoms. The number of hydrogen-bond acceptors (Lipinski definition) is 8. The van der Waals surface area contributed by atoms with Crippen LogP contribution in [0.3, 0.4) is 0 Å². The molecule has 0 fully saturated rings. The van der Waals surface area contributed by atoms with Gasteiger partial charge in [-0.2, -0.15) is 0 Å². The van der Waals surface area contributed by atoms with Crippen molar-refractivity contribution in [3.8, 4) is 0 Å². The van der Waals surface area contributed by atoms with Gasteiger partial charge in [-0.15, -0.1) is 10.2 Å². The number of hydrogen-bond donors (Lipinski definition) is 1. The average molecular weight is 373 g/mol. The lowest BCUT2D eigenvalue weighted by molar-refractivity contribution is -0.137. The van der Waals surface area contributed by atoms with Crippen LogP contribution in [0.1, 0.15) is 11.1 Å². The molecule has 124 valence electrons. The molecule has 1 heterocycles. The monoisotopic (exact) mass is 373 g/mol. The highest BCUT2D eigenvalue weighted by molar-refractivity contribution is 8.01. The normalized spacial score (nSPS) is 11.2. The van der Waals surface area contributed by atoms with E-state index in [0.717, 1.165) is 34.2 Å². The number of thioether (sulfide) groups is 1. The highest BCUT2D eigenvalue weighted by Crippen LogP contribution is 2.26. The van der Waals surface area contributed by atoms with E-state index >= 15 is 0 Å². The Balaban J connectivity index is 1.99. The van der Waals surface area contributed by atoms with Crippen LogP contribution in [0.2, 0.25) is 0 Å². The lowest BCUT2D eigenvalue weighted by atomic mass is 10.1. The number of nitrogens with one attached hydrogen (secondary N) is 1. The number of carbonyl (C=O) groups is 1. The van der Waals surface area contributed by atoms with E-state index in [-0.39, 0.29) is 22.6 Å². The molecule has 1 aromatic heterocycles. The van der Waals surface area contributed by atoms with Gasteiger partial charge in [-0.25, -0.2) is 8.42 Å². The van der Waals surface area contributed by atoms with Crippen LogP contribution in [0.15, 0.2) is 28.6 Å². The van der Waals surface area contributed by atoms with E-state index in [0.29, 0.717) is 4.34 Å². The molecule has 1 N–H and O–H groups in total. The first-order chi connectivity index (χ1) is 10.9. The fourth-order valence-corrected chi connectivity index (χ4v) is 4.73. The Morgan fingerprint density at radius 1 is 1.35 bits per heavy atom. The molecule has 0 saturated carbocycles. The summed E-state index contributed by atoms with van der Waals surface area (Å²) < 4.78 is 31.8. The highest BCUT2D eigenvalue weighted by Gasteiger charge is 2.16. The summed E-state index contributed by atoms with van der Waals surface area (Å²) in [6.07, 6.45) is 0. The Morgan fingerprint density at radius 3 is 2.78 bits per heavy atom. The largest absolute Gasteiger partial charge is 0.468 e. The van der Waals surface area contributed by atoms with Crippen LogP contribution in [0.25, 0.3) is 0 Å². The quantitative estimate of drug-likeness (QED) is 0.586. The second-order valence-electron chi connectivity index (χ2n) is 4.53. The van der Waals surface area contributed by atoms with Crippen LogP contribution in [-0.2, 0) is 25.3 Å². The Morgan fingerprint density at radius 2 is 2.09 bits per heavy atom. The summed E-state index contributed by atoms with van der Waals surface area (Å²) in [6.45, 7) is 1.86. The number of carbonyl (C=O) groups excluding carboxylic acids is 1. The minimum absolute atomic E-state index is 0.0983. The zero-order valence-corrected chi connectivity index (χ0v) is 14.9. The molecule has 7 nitrogen and oxygen atoms in total. The van der Waals surface area contributed by atoms with E-state index < -0.39 is 10.0 Å². The Hall–Kier alpha value is -1.65. The third-order valence-corrected chi connectivity index (χ3v) is 6.07. The predicted molar refractivity (Wildman–Crippen MR) is 90.1 cm³/mol. The molecule has 0 bridgehead atoms. The van der Waals surface area contributed by atoms with Gasteiger partial charge in [0.15, 0.2) is 4.34 Å². The van der Waals surface area contributed by atoms with Gasteiger partial charge in [0, 0.05) is 0 Å². The van der Waals surface area contributed by atoms with Crippen molar-refractivity contribution in [3.63, 3.8) is 0 Å². The first kappa shape index (κ1) is 17.7. The Kier molecular flexibility index (Phi) is 5.97. The zero-order valence-electron chi connectivity index (χ0n) is 12.5. The van der Waals surface area contributed by atoms with E-state index in [1.807, 2.05) is 19.1 Å². The summed E-state index contributed by atoms with van der Waals surface area (Å²) in [6, 6.07) is 7.28. The molecule has 2 aromatic rings. The van der Waals surface area contributed by atoms with E-state index in [1.165, 1.54) is 7.11 Å². The van der Waals surface area contributed by atoms with E-state index in [4.69, 9.17) is 0 Å². The van der Waals surface area contributed by atoms with Gasteiger partial charge in [-0.3, -0.25) is 9.52 Å². The van der Waals surface area contributed by atoms with Gasteiger partial charge in [0.05, 0.1) is 18.6 Å². The number of aromatic nitrogens is 2. The van der Waals surface area contributed by atoms with Gasteiger partial charge in [-0.05, 0) is 18.1 Å². The van der Waals surface area contributed by atoms with Crippen molar-refractivity contribution >= 4 is 44.2 Å². The number of ether oxygens (including phenoxy) is 1. The summed E-state index contributed by atoms with van der Waals surface area (Å²) in [5.41, 5.74) is 1.63. The first-order valence-corrected chi connectivity index (χ1v) is 9.93. The number of aryl methyl sites for hydroxylation is 1. The predicted octanol–water partition coefficient (Wildman–Crippen LogP) is 2.05. The second kappa shape index (κ2) is 7.75. The van der Waals surface area contributed by atoms with Crippen molar-refractivity contribution in [1.29, 1.82) is 0 Å². The number of anilines is 1. The Bertz CT molecular complexity index is 789. The highest BCUT2D eigenvalue weighted by atomic mass is 32.2. The standard InChI is InChI=1S/C13H15N3O4S3/c1-9-5-3-4-6-10(9)8-23(18,19)16-12-14-15-13(22-12)21-7-11(17)20-2/h3-6H,7-8H2,1-2H3,(H,14,16). The molecular formula is C13H15N3O4S3. The summed E-state index contributed by atoms with van der Waals surface area (Å²) in [5, 5.41) is 7.77. The molecule has 10 heteroatoms. The zero-order chi connectivity index (χ0) is 16.9. The van der Waals surface area contributed by atoms with Crippen molar-refractivity contribution in [2.24, 2.45) is 0 Å². The van der Waals surface area contributed by atoms with Crippen LogP contribution in [0, 0.1) is 6.92 Å². The molecule has 1 aromatic carbocycles. The van der Waals surface area contributed by atoms with Gasteiger partial charge in [0.25, 0.3) is 0 Å². The van der Waals surface area contributed by atoms with Crippen molar-refractivity contribution in [3.05, 3.63) is 35.4 Å². The molecule has 0 saturated heterocycles. The van der Waals surface area contributed by atoms with Crippen LogP contribution < -0.4 is 4.72 Å². The summed E-state index contributed by atoms with van der Waals surface area (Å²) in [7, 11) is -2.28. The van der Waals surface area contributed by atoms with Crippen molar-refractivity contribution in [2.45, 2.75) is 17.0 Å². The third kappa shape index (κ3) is 5.48. The van der Waals surface area contributed by atoms with Crippen LogP contribution >= 0.6 is 23.1 Å². The minimum atomic E-state index is -3.58. The number of esters is 1. The molecule has 0 unspecified atom stereocenters. The molecular weight excluding hydrogens is 358 g/mol. The average Bonchev–Trinajstić information content (AvgIpc) is 2.93. The van der Waals surface area contributed by atoms with Gasteiger partial charge in [0.1, 0.15) is 0 Å². The van der Waals surface area contributed by atoms with E-state index in [1.54, 1.807) is 12.1 Å². The number of nitrogens with zero attached hydrogens (tertiary/aromatic N) is 2. The molecule has 0 radical (unpaired) electrons. The van der Waals surface area contributed by atoms with Crippen molar-refractivity contribution in [2.75, 3.05) is 17.6 Å². The maximum Gasteiger partial charge on any atom is 0.316 e. The van der Waals surface area contributed by atoms with Crippen molar-refractivity contribution in [1.82, 2.24) is 10.2 Å². The number of methoxy groups -OCH3 is 1. The Labute approximate surface area is 142 Å². The number of sulfonamides is 1. The molecule has 0 aliphatic carbocycles. The molecule has 0 amide bonds. The van der Waals surface area contributed by atoms with Crippen molar-refractivity contribution < 1.29 is 17.9 Å². The third-order valence-electron chi connectivity index (χ3n) is 2.80. The maximum absolute atomic E-state index is 12.2.